The molecule has 0 spiro atoms. The van der Waals surface area contributed by atoms with Crippen LogP contribution in [0, 0.1) is 10.7 Å². The Morgan fingerprint density at radius 1 is 1.56 bits per heavy atom. The highest BCUT2D eigenvalue weighted by atomic mass is 32.2. The van der Waals surface area contributed by atoms with Gasteiger partial charge >= 0.3 is 0 Å². The molecule has 1 aromatic carbocycles. The van der Waals surface area contributed by atoms with Crippen molar-refractivity contribution in [2.75, 3.05) is 11.5 Å². The first-order valence-corrected chi connectivity index (χ1v) is 7.19. The third-order valence-electron chi connectivity index (χ3n) is 2.11. The third kappa shape index (κ3) is 5.30. The Labute approximate surface area is 115 Å². The molecule has 0 fully saturated rings. The number of thioether (sulfide) groups is 2. The molecule has 0 aliphatic heterocycles. The van der Waals surface area contributed by atoms with E-state index in [0.29, 0.717) is 5.69 Å². The summed E-state index contributed by atoms with van der Waals surface area (Å²) in [5.74, 6) is 0.776. The van der Waals surface area contributed by atoms with Gasteiger partial charge in [-0.2, -0.15) is 5.26 Å². The summed E-state index contributed by atoms with van der Waals surface area (Å²) in [5.41, 5.74) is 7.44. The van der Waals surface area contributed by atoms with Crippen LogP contribution in [0.1, 0.15) is 18.9 Å². The second kappa shape index (κ2) is 7.85. The average molecular weight is 278 g/mol. The van der Waals surface area contributed by atoms with E-state index in [9.17, 15) is 4.79 Å². The van der Waals surface area contributed by atoms with Gasteiger partial charge in [-0.05, 0) is 41.9 Å². The number of nitrogen functional groups attached to an aromatic ring is 1. The van der Waals surface area contributed by atoms with E-state index >= 15 is 0 Å². The minimum atomic E-state index is 0.135. The molecule has 0 amide bonds. The van der Waals surface area contributed by atoms with Crippen molar-refractivity contribution < 1.29 is 4.79 Å². The molecule has 0 radical (unpaired) electrons. The van der Waals surface area contributed by atoms with Crippen LogP contribution in [0.3, 0.4) is 0 Å². The Hall–Kier alpha value is -1.38. The van der Waals surface area contributed by atoms with Crippen LogP contribution < -0.4 is 5.73 Å². The van der Waals surface area contributed by atoms with Gasteiger partial charge in [-0.1, -0.05) is 23.9 Å². The molecule has 94 valence electrons. The normalized spacial score (nSPS) is 10.4. The fourth-order valence-corrected chi connectivity index (χ4v) is 2.26. The molecule has 0 heterocycles. The average Bonchev–Trinajstić information content (AvgIpc) is 2.32. The zero-order valence-electron chi connectivity index (χ0n) is 10.1. The van der Waals surface area contributed by atoms with Crippen LogP contribution in [-0.2, 0) is 4.79 Å². The molecule has 0 saturated carbocycles. The maximum absolute atomic E-state index is 10.7. The van der Waals surface area contributed by atoms with Crippen LogP contribution >= 0.6 is 23.5 Å². The number of hydrogen-bond donors (Lipinski definition) is 1. The Kier molecular flexibility index (Phi) is 6.40. The number of benzene rings is 1. The summed E-state index contributed by atoms with van der Waals surface area (Å²) in [7, 11) is 0. The van der Waals surface area contributed by atoms with Crippen molar-refractivity contribution in [3.8, 4) is 5.40 Å². The lowest BCUT2D eigenvalue weighted by atomic mass is 10.1. The quantitative estimate of drug-likeness (QED) is 0.386. The Morgan fingerprint density at radius 2 is 2.33 bits per heavy atom. The van der Waals surface area contributed by atoms with Crippen molar-refractivity contribution in [1.29, 1.82) is 5.26 Å². The van der Waals surface area contributed by atoms with Crippen LogP contribution in [0.25, 0.3) is 6.08 Å². The molecule has 0 unspecified atom stereocenters. The Balaban J connectivity index is 2.60. The zero-order chi connectivity index (χ0) is 13.4. The van der Waals surface area contributed by atoms with Gasteiger partial charge in [0.05, 0.1) is 0 Å². The van der Waals surface area contributed by atoms with E-state index < -0.39 is 0 Å². The van der Waals surface area contributed by atoms with Crippen molar-refractivity contribution in [1.82, 2.24) is 0 Å². The summed E-state index contributed by atoms with van der Waals surface area (Å²) in [6, 6.07) is 5.51. The molecule has 0 bridgehead atoms. The molecule has 0 atom stereocenters. The number of rotatable bonds is 5. The van der Waals surface area contributed by atoms with Crippen molar-refractivity contribution in [2.24, 2.45) is 0 Å². The first-order chi connectivity index (χ1) is 8.63. The number of nitrogens with zero attached hydrogens (tertiary/aromatic N) is 1. The van der Waals surface area contributed by atoms with E-state index in [1.54, 1.807) is 13.0 Å². The van der Waals surface area contributed by atoms with E-state index in [2.05, 4.69) is 0 Å². The number of carbonyl (C=O) groups is 1. The molecular formula is C13H14N2OS2. The summed E-state index contributed by atoms with van der Waals surface area (Å²) >= 11 is 2.43. The number of hydrogen-bond acceptors (Lipinski definition) is 5. The van der Waals surface area contributed by atoms with Gasteiger partial charge in [0, 0.05) is 23.3 Å². The van der Waals surface area contributed by atoms with E-state index in [1.165, 1.54) is 11.8 Å². The maximum atomic E-state index is 10.7. The molecule has 3 nitrogen and oxygen atoms in total. The molecule has 2 N–H and O–H groups in total. The van der Waals surface area contributed by atoms with Gasteiger partial charge < -0.3 is 5.73 Å². The fraction of sp³-hybridized carbons (Fsp3) is 0.231. The SMILES string of the molecule is CC(=O)SCCC=Cc1cc(SC#N)ccc1N. The van der Waals surface area contributed by atoms with Gasteiger partial charge in [-0.25, -0.2) is 0 Å². The van der Waals surface area contributed by atoms with Crippen molar-refractivity contribution in [3.05, 3.63) is 29.8 Å². The van der Waals surface area contributed by atoms with Crippen LogP contribution in [0.4, 0.5) is 5.69 Å². The lowest BCUT2D eigenvalue weighted by Gasteiger charge is -2.02. The van der Waals surface area contributed by atoms with Gasteiger partial charge in [-0.15, -0.1) is 0 Å². The highest BCUT2D eigenvalue weighted by Crippen LogP contribution is 2.23. The minimum Gasteiger partial charge on any atom is -0.398 e. The molecule has 0 aromatic heterocycles. The smallest absolute Gasteiger partial charge is 0.185 e. The number of nitriles is 1. The first kappa shape index (κ1) is 14.7. The van der Waals surface area contributed by atoms with E-state index in [4.69, 9.17) is 11.0 Å². The highest BCUT2D eigenvalue weighted by Gasteiger charge is 1.98. The summed E-state index contributed by atoms with van der Waals surface area (Å²) in [4.78, 5) is 11.6. The van der Waals surface area contributed by atoms with Crippen molar-refractivity contribution in [2.45, 2.75) is 18.2 Å². The third-order valence-corrected chi connectivity index (χ3v) is 3.54. The number of carbonyl (C=O) groups excluding carboxylic acids is 1. The van der Waals surface area contributed by atoms with Gasteiger partial charge in [0.2, 0.25) is 0 Å². The number of thiocyanates is 1. The lowest BCUT2D eigenvalue weighted by Crippen LogP contribution is -1.89. The van der Waals surface area contributed by atoms with Gasteiger partial charge in [0.15, 0.2) is 5.12 Å². The van der Waals surface area contributed by atoms with Gasteiger partial charge in [-0.3, -0.25) is 4.79 Å². The fourth-order valence-electron chi connectivity index (χ4n) is 1.29. The Bertz CT molecular complexity index is 492. The second-order valence-corrected chi connectivity index (χ2v) is 5.65. The summed E-state index contributed by atoms with van der Waals surface area (Å²) in [6.07, 6.45) is 4.74. The van der Waals surface area contributed by atoms with Crippen LogP contribution in [-0.4, -0.2) is 10.9 Å². The monoisotopic (exact) mass is 278 g/mol. The van der Waals surface area contributed by atoms with E-state index in [-0.39, 0.29) is 5.12 Å². The maximum Gasteiger partial charge on any atom is 0.185 e. The number of allylic oxidation sites excluding steroid dienone is 1. The standard InChI is InChI=1S/C13H14N2OS2/c1-10(16)17-7-3-2-4-11-8-12(18-9-14)5-6-13(11)15/h2,4-6,8H,3,7,15H2,1H3. The minimum absolute atomic E-state index is 0.135. The highest BCUT2D eigenvalue weighted by molar-refractivity contribution is 8.13. The van der Waals surface area contributed by atoms with Crippen LogP contribution in [0.15, 0.2) is 29.2 Å². The molecule has 18 heavy (non-hydrogen) atoms. The van der Waals surface area contributed by atoms with E-state index in [0.717, 1.165) is 34.4 Å². The predicted octanol–water partition coefficient (Wildman–Crippen LogP) is 3.52. The topological polar surface area (TPSA) is 66.9 Å². The molecule has 0 aliphatic rings. The number of anilines is 1. The van der Waals surface area contributed by atoms with Crippen LogP contribution in [0.5, 0.6) is 0 Å². The molecular weight excluding hydrogens is 264 g/mol. The molecule has 1 aromatic rings. The Morgan fingerprint density at radius 3 is 3.00 bits per heavy atom. The molecule has 5 heteroatoms. The first-order valence-electron chi connectivity index (χ1n) is 5.39. The summed E-state index contributed by atoms with van der Waals surface area (Å²) < 4.78 is 0. The molecule has 0 saturated heterocycles. The van der Waals surface area contributed by atoms with Crippen LogP contribution in [0.2, 0.25) is 0 Å². The van der Waals surface area contributed by atoms with E-state index in [1.807, 2.05) is 29.7 Å². The van der Waals surface area contributed by atoms with Gasteiger partial charge in [0.1, 0.15) is 5.40 Å². The molecule has 1 rings (SSSR count). The van der Waals surface area contributed by atoms with Crippen molar-refractivity contribution in [3.63, 3.8) is 0 Å². The largest absolute Gasteiger partial charge is 0.398 e. The van der Waals surface area contributed by atoms with Crippen molar-refractivity contribution >= 4 is 40.4 Å². The lowest BCUT2D eigenvalue weighted by molar-refractivity contribution is -0.109. The zero-order valence-corrected chi connectivity index (χ0v) is 11.7. The molecule has 0 aliphatic carbocycles. The summed E-state index contributed by atoms with van der Waals surface area (Å²) in [6.45, 7) is 1.56. The second-order valence-electron chi connectivity index (χ2n) is 3.52. The predicted molar refractivity (Wildman–Crippen MR) is 79.1 cm³/mol. The summed E-state index contributed by atoms with van der Waals surface area (Å²) in [5, 5.41) is 10.8. The van der Waals surface area contributed by atoms with Gasteiger partial charge in [0.25, 0.3) is 0 Å². The number of nitrogens with two attached hydrogens (primary N) is 1.